The van der Waals surface area contributed by atoms with Crippen LogP contribution in [0.4, 0.5) is 0 Å². The van der Waals surface area contributed by atoms with Crippen molar-refractivity contribution in [3.05, 3.63) is 30.0 Å². The van der Waals surface area contributed by atoms with E-state index in [1.54, 1.807) is 18.3 Å². The van der Waals surface area contributed by atoms with Crippen LogP contribution in [0.15, 0.2) is 29.4 Å². The highest BCUT2D eigenvalue weighted by Gasteiger charge is 2.05. The van der Waals surface area contributed by atoms with Crippen LogP contribution in [0.5, 0.6) is 5.75 Å². The van der Waals surface area contributed by atoms with Crippen LogP contribution >= 0.6 is 0 Å². The monoisotopic (exact) mass is 188 g/mol. The number of aromatic nitrogens is 1. The van der Waals surface area contributed by atoms with Crippen molar-refractivity contribution < 1.29 is 9.90 Å². The number of rotatable bonds is 2. The van der Waals surface area contributed by atoms with E-state index in [-0.39, 0.29) is 12.3 Å². The second-order valence-corrected chi connectivity index (χ2v) is 2.92. The third kappa shape index (κ3) is 1.28. The number of phenols is 1. The van der Waals surface area contributed by atoms with Crippen LogP contribution in [-0.2, 0) is 11.3 Å². The Labute approximate surface area is 79.9 Å². The molecule has 0 atom stereocenters. The molecule has 70 valence electrons. The van der Waals surface area contributed by atoms with Gasteiger partial charge in [0.1, 0.15) is 5.75 Å². The third-order valence-electron chi connectivity index (χ3n) is 2.10. The van der Waals surface area contributed by atoms with Gasteiger partial charge in [0.05, 0.1) is 6.54 Å². The SMILES string of the molecule is O=C=NCc1ccc2[nH]ccc2c1O. The van der Waals surface area contributed by atoms with Crippen LogP contribution in [-0.4, -0.2) is 16.2 Å². The Morgan fingerprint density at radius 2 is 2.29 bits per heavy atom. The van der Waals surface area contributed by atoms with Gasteiger partial charge in [-0.05, 0) is 12.1 Å². The van der Waals surface area contributed by atoms with E-state index in [0.717, 1.165) is 10.9 Å². The molecule has 0 radical (unpaired) electrons. The Hall–Kier alpha value is -2.06. The summed E-state index contributed by atoms with van der Waals surface area (Å²) >= 11 is 0. The van der Waals surface area contributed by atoms with Gasteiger partial charge < -0.3 is 10.1 Å². The molecule has 2 aromatic rings. The molecular formula is C10H8N2O2. The number of fused-ring (bicyclic) bond motifs is 1. The zero-order valence-corrected chi connectivity index (χ0v) is 7.32. The summed E-state index contributed by atoms with van der Waals surface area (Å²) < 4.78 is 0. The number of aliphatic imine (C=N–C) groups is 1. The van der Waals surface area contributed by atoms with Crippen molar-refractivity contribution >= 4 is 17.0 Å². The van der Waals surface area contributed by atoms with E-state index < -0.39 is 0 Å². The molecule has 0 saturated heterocycles. The first-order chi connectivity index (χ1) is 6.83. The van der Waals surface area contributed by atoms with Gasteiger partial charge in [0.25, 0.3) is 0 Å². The molecule has 14 heavy (non-hydrogen) atoms. The summed E-state index contributed by atoms with van der Waals surface area (Å²) in [6.45, 7) is 0.163. The smallest absolute Gasteiger partial charge is 0.235 e. The maximum Gasteiger partial charge on any atom is 0.235 e. The largest absolute Gasteiger partial charge is 0.507 e. The number of aromatic amines is 1. The Balaban J connectivity index is 2.55. The van der Waals surface area contributed by atoms with E-state index in [9.17, 15) is 9.90 Å². The normalized spacial score (nSPS) is 10.0. The summed E-state index contributed by atoms with van der Waals surface area (Å²) in [5.41, 5.74) is 1.49. The number of benzene rings is 1. The van der Waals surface area contributed by atoms with E-state index in [1.807, 2.05) is 6.07 Å². The van der Waals surface area contributed by atoms with E-state index in [0.29, 0.717) is 5.56 Å². The highest BCUT2D eigenvalue weighted by atomic mass is 16.3. The standard InChI is InChI=1S/C10H8N2O2/c13-6-11-5-7-1-2-9-8(10(7)14)3-4-12-9/h1-4,12,14H,5H2. The second-order valence-electron chi connectivity index (χ2n) is 2.92. The Bertz CT molecular complexity index is 510. The van der Waals surface area contributed by atoms with Gasteiger partial charge in [-0.2, -0.15) is 0 Å². The molecule has 0 aliphatic heterocycles. The van der Waals surface area contributed by atoms with Gasteiger partial charge in [0.2, 0.25) is 6.08 Å². The van der Waals surface area contributed by atoms with Crippen molar-refractivity contribution in [3.8, 4) is 5.75 Å². The lowest BCUT2D eigenvalue weighted by molar-refractivity contribution is 0.475. The van der Waals surface area contributed by atoms with E-state index in [2.05, 4.69) is 9.98 Å². The lowest BCUT2D eigenvalue weighted by Crippen LogP contribution is -1.82. The van der Waals surface area contributed by atoms with Crippen LogP contribution in [0.3, 0.4) is 0 Å². The van der Waals surface area contributed by atoms with Crippen molar-refractivity contribution in [2.45, 2.75) is 6.54 Å². The summed E-state index contributed by atoms with van der Waals surface area (Å²) in [5.74, 6) is 0.169. The van der Waals surface area contributed by atoms with Gasteiger partial charge in [-0.15, -0.1) is 0 Å². The van der Waals surface area contributed by atoms with Crippen LogP contribution in [0, 0.1) is 0 Å². The zero-order chi connectivity index (χ0) is 9.97. The van der Waals surface area contributed by atoms with E-state index in [1.165, 1.54) is 6.08 Å². The molecule has 2 N–H and O–H groups in total. The lowest BCUT2D eigenvalue weighted by Gasteiger charge is -2.01. The molecule has 0 saturated carbocycles. The second kappa shape index (κ2) is 3.36. The minimum Gasteiger partial charge on any atom is -0.507 e. The van der Waals surface area contributed by atoms with Gasteiger partial charge in [-0.1, -0.05) is 6.07 Å². The number of isocyanates is 1. The molecule has 0 unspecified atom stereocenters. The molecule has 0 bridgehead atoms. The number of H-pyrrole nitrogens is 1. The fraction of sp³-hybridized carbons (Fsp3) is 0.100. The number of aromatic hydroxyl groups is 1. The Morgan fingerprint density at radius 1 is 1.43 bits per heavy atom. The maximum atomic E-state index is 9.92. The topological polar surface area (TPSA) is 65.5 Å². The number of nitrogens with zero attached hydrogens (tertiary/aromatic N) is 1. The summed E-state index contributed by atoms with van der Waals surface area (Å²) in [5, 5.41) is 10.5. The van der Waals surface area contributed by atoms with Crippen LogP contribution < -0.4 is 0 Å². The minimum absolute atomic E-state index is 0.163. The van der Waals surface area contributed by atoms with Crippen molar-refractivity contribution in [3.63, 3.8) is 0 Å². The summed E-state index contributed by atoms with van der Waals surface area (Å²) in [6, 6.07) is 5.35. The average molecular weight is 188 g/mol. The van der Waals surface area contributed by atoms with Crippen molar-refractivity contribution in [1.29, 1.82) is 0 Å². The molecule has 0 amide bonds. The molecular weight excluding hydrogens is 180 g/mol. The molecule has 2 rings (SSSR count). The van der Waals surface area contributed by atoms with Crippen molar-refractivity contribution in [2.75, 3.05) is 0 Å². The predicted octanol–water partition coefficient (Wildman–Crippen LogP) is 1.71. The first-order valence-corrected chi connectivity index (χ1v) is 4.14. The molecule has 0 fully saturated rings. The minimum atomic E-state index is 0.163. The Morgan fingerprint density at radius 3 is 3.07 bits per heavy atom. The maximum absolute atomic E-state index is 9.92. The fourth-order valence-corrected chi connectivity index (χ4v) is 1.41. The van der Waals surface area contributed by atoms with Gasteiger partial charge in [0.15, 0.2) is 0 Å². The fourth-order valence-electron chi connectivity index (χ4n) is 1.41. The molecule has 1 aromatic heterocycles. The number of hydrogen-bond acceptors (Lipinski definition) is 3. The number of carbonyl (C=O) groups excluding carboxylic acids is 1. The molecule has 1 aromatic carbocycles. The van der Waals surface area contributed by atoms with Gasteiger partial charge in [-0.3, -0.25) is 0 Å². The Kier molecular flexibility index (Phi) is 2.05. The van der Waals surface area contributed by atoms with Gasteiger partial charge in [0, 0.05) is 22.7 Å². The van der Waals surface area contributed by atoms with Crippen LogP contribution in [0.25, 0.3) is 10.9 Å². The molecule has 4 heteroatoms. The first-order valence-electron chi connectivity index (χ1n) is 4.14. The third-order valence-corrected chi connectivity index (χ3v) is 2.10. The quantitative estimate of drug-likeness (QED) is 0.556. The summed E-state index contributed by atoms with van der Waals surface area (Å²) in [4.78, 5) is 16.3. The summed E-state index contributed by atoms with van der Waals surface area (Å²) in [6.07, 6.45) is 3.19. The predicted molar refractivity (Wildman–Crippen MR) is 51.8 cm³/mol. The first kappa shape index (κ1) is 8.53. The van der Waals surface area contributed by atoms with Gasteiger partial charge >= 0.3 is 0 Å². The zero-order valence-electron chi connectivity index (χ0n) is 7.32. The average Bonchev–Trinajstić information content (AvgIpc) is 2.66. The molecule has 1 heterocycles. The van der Waals surface area contributed by atoms with E-state index >= 15 is 0 Å². The highest BCUT2D eigenvalue weighted by molar-refractivity contribution is 5.86. The molecule has 4 nitrogen and oxygen atoms in total. The van der Waals surface area contributed by atoms with E-state index in [4.69, 9.17) is 0 Å². The van der Waals surface area contributed by atoms with Crippen molar-refractivity contribution in [1.82, 2.24) is 4.98 Å². The van der Waals surface area contributed by atoms with Gasteiger partial charge in [-0.25, -0.2) is 9.79 Å². The highest BCUT2D eigenvalue weighted by Crippen LogP contribution is 2.28. The van der Waals surface area contributed by atoms with Crippen LogP contribution in [0.1, 0.15) is 5.56 Å². The molecule has 0 aliphatic carbocycles. The number of hydrogen-bond donors (Lipinski definition) is 2. The summed E-state index contributed by atoms with van der Waals surface area (Å²) in [7, 11) is 0. The van der Waals surface area contributed by atoms with Crippen molar-refractivity contribution in [2.24, 2.45) is 4.99 Å². The molecule has 0 spiro atoms. The molecule has 0 aliphatic rings. The number of phenolic OH excluding ortho intramolecular Hbond substituents is 1. The lowest BCUT2D eigenvalue weighted by atomic mass is 10.1. The number of nitrogens with one attached hydrogen (secondary N) is 1. The van der Waals surface area contributed by atoms with Crippen LogP contribution in [0.2, 0.25) is 0 Å².